The molecule has 1 saturated heterocycles. The van der Waals surface area contributed by atoms with Crippen molar-refractivity contribution < 1.29 is 23.1 Å². The van der Waals surface area contributed by atoms with E-state index in [9.17, 15) is 18.4 Å². The number of nitrogens with zero attached hydrogens (tertiary/aromatic N) is 2. The summed E-state index contributed by atoms with van der Waals surface area (Å²) in [5.41, 5.74) is 5.38. The van der Waals surface area contributed by atoms with E-state index in [0.29, 0.717) is 35.2 Å². The Morgan fingerprint density at radius 3 is 2.64 bits per heavy atom. The third kappa shape index (κ3) is 4.71. The number of rotatable bonds is 4. The Morgan fingerprint density at radius 1 is 1.32 bits per heavy atom. The van der Waals surface area contributed by atoms with Crippen molar-refractivity contribution in [2.45, 2.75) is 56.6 Å². The van der Waals surface area contributed by atoms with Gasteiger partial charge in [0.15, 0.2) is 0 Å². The third-order valence-electron chi connectivity index (χ3n) is 5.27. The first-order chi connectivity index (χ1) is 13.1. The van der Waals surface area contributed by atoms with Crippen LogP contribution >= 0.6 is 15.9 Å². The van der Waals surface area contributed by atoms with E-state index >= 15 is 0 Å². The van der Waals surface area contributed by atoms with E-state index in [0.717, 1.165) is 0 Å². The molecule has 2 heterocycles. The van der Waals surface area contributed by atoms with Crippen molar-refractivity contribution in [3.05, 3.63) is 22.4 Å². The molecule has 2 fully saturated rings. The van der Waals surface area contributed by atoms with Crippen molar-refractivity contribution in [2.24, 2.45) is 5.73 Å². The van der Waals surface area contributed by atoms with Crippen molar-refractivity contribution in [3.8, 4) is 0 Å². The van der Waals surface area contributed by atoms with Crippen LogP contribution in [-0.4, -0.2) is 47.6 Å². The zero-order valence-electron chi connectivity index (χ0n) is 15.5. The number of alkyl halides is 2. The lowest BCUT2D eigenvalue weighted by atomic mass is 9.92. The van der Waals surface area contributed by atoms with Gasteiger partial charge in [0.25, 0.3) is 5.91 Å². The van der Waals surface area contributed by atoms with Crippen LogP contribution in [0.25, 0.3) is 0 Å². The highest BCUT2D eigenvalue weighted by Crippen LogP contribution is 2.37. The molecule has 3 rings (SSSR count). The van der Waals surface area contributed by atoms with Gasteiger partial charge in [0.2, 0.25) is 5.92 Å². The van der Waals surface area contributed by atoms with Gasteiger partial charge in [0, 0.05) is 44.2 Å². The summed E-state index contributed by atoms with van der Waals surface area (Å²) in [6, 6.07) is -0.291. The number of amides is 2. The summed E-state index contributed by atoms with van der Waals surface area (Å²) in [5.74, 6) is -3.01. The number of halogens is 3. The van der Waals surface area contributed by atoms with Crippen molar-refractivity contribution in [2.75, 3.05) is 18.0 Å². The Morgan fingerprint density at radius 2 is 2.00 bits per heavy atom. The predicted molar refractivity (Wildman–Crippen MR) is 103 cm³/mol. The first kappa shape index (κ1) is 20.8. The zero-order valence-corrected chi connectivity index (χ0v) is 17.1. The smallest absolute Gasteiger partial charge is 0.405 e. The number of nitrogens with one attached hydrogen (secondary N) is 1. The third-order valence-corrected chi connectivity index (χ3v) is 5.85. The number of ether oxygens (including phenoxy) is 1. The average molecular weight is 461 g/mol. The molecule has 1 aliphatic heterocycles. The normalized spacial score (nSPS) is 24.8. The molecule has 0 spiro atoms. The molecule has 0 radical (unpaired) electrons. The van der Waals surface area contributed by atoms with Crippen molar-refractivity contribution in [1.82, 2.24) is 10.3 Å². The Bertz CT molecular complexity index is 769. The molecule has 1 atom stereocenters. The minimum atomic E-state index is -2.65. The molecule has 3 N–H and O–H groups in total. The Labute approximate surface area is 170 Å². The summed E-state index contributed by atoms with van der Waals surface area (Å²) in [5, 5.41) is 2.85. The lowest BCUT2D eigenvalue weighted by Gasteiger charge is -2.30. The summed E-state index contributed by atoms with van der Waals surface area (Å²) in [4.78, 5) is 30.0. The lowest BCUT2D eigenvalue weighted by molar-refractivity contribution is -0.0399. The monoisotopic (exact) mass is 460 g/mol. The molecule has 1 aliphatic carbocycles. The van der Waals surface area contributed by atoms with Gasteiger partial charge >= 0.3 is 6.09 Å². The van der Waals surface area contributed by atoms with Crippen LogP contribution in [0.5, 0.6) is 0 Å². The summed E-state index contributed by atoms with van der Waals surface area (Å²) in [6.45, 7) is 2.71. The van der Waals surface area contributed by atoms with Gasteiger partial charge in [0.05, 0.1) is 22.3 Å². The maximum absolute atomic E-state index is 13.3. The van der Waals surface area contributed by atoms with E-state index in [-0.39, 0.29) is 37.6 Å². The van der Waals surface area contributed by atoms with Crippen LogP contribution in [-0.2, 0) is 4.74 Å². The number of hydrogen-bond acceptors (Lipinski definition) is 5. The molecule has 0 aromatic carbocycles. The van der Waals surface area contributed by atoms with E-state index in [2.05, 4.69) is 26.2 Å². The quantitative estimate of drug-likeness (QED) is 0.718. The second-order valence-electron chi connectivity index (χ2n) is 7.66. The van der Waals surface area contributed by atoms with E-state index in [1.165, 1.54) is 6.20 Å². The van der Waals surface area contributed by atoms with Crippen molar-refractivity contribution in [3.63, 3.8) is 0 Å². The molecule has 0 unspecified atom stereocenters. The molecule has 0 bridgehead atoms. The van der Waals surface area contributed by atoms with Gasteiger partial charge in [-0.15, -0.1) is 0 Å². The number of pyridine rings is 1. The van der Waals surface area contributed by atoms with Crippen LogP contribution in [0.3, 0.4) is 0 Å². The number of nitrogens with two attached hydrogens (primary N) is 1. The SMILES string of the molecule is C[C@]1(OC(N)=O)CCN(c2c(Br)cncc2C(=O)NC2CCC(F)(F)CC2)C1. The highest BCUT2D eigenvalue weighted by molar-refractivity contribution is 9.10. The number of carbonyl (C=O) groups excluding carboxylic acids is 2. The van der Waals surface area contributed by atoms with Crippen LogP contribution in [0, 0.1) is 0 Å². The van der Waals surface area contributed by atoms with Gasteiger partial charge in [-0.2, -0.15) is 0 Å². The second kappa shape index (κ2) is 7.81. The zero-order chi connectivity index (χ0) is 20.5. The Kier molecular flexibility index (Phi) is 5.79. The molecule has 1 saturated carbocycles. The molecule has 2 aliphatic rings. The van der Waals surface area contributed by atoms with Crippen LogP contribution in [0.1, 0.15) is 49.4 Å². The Hall–Kier alpha value is -1.97. The molecule has 2 amide bonds. The van der Waals surface area contributed by atoms with Crippen LogP contribution < -0.4 is 16.0 Å². The van der Waals surface area contributed by atoms with Gasteiger partial charge < -0.3 is 20.7 Å². The summed E-state index contributed by atoms with van der Waals surface area (Å²) >= 11 is 3.44. The predicted octanol–water partition coefficient (Wildman–Crippen LogP) is 3.22. The number of carbonyl (C=O) groups is 2. The summed E-state index contributed by atoms with van der Waals surface area (Å²) in [6.07, 6.45) is 2.78. The van der Waals surface area contributed by atoms with Crippen molar-refractivity contribution in [1.29, 1.82) is 0 Å². The largest absolute Gasteiger partial charge is 0.441 e. The lowest BCUT2D eigenvalue weighted by Crippen LogP contribution is -2.41. The first-order valence-corrected chi connectivity index (χ1v) is 9.93. The number of primary amides is 1. The fraction of sp³-hybridized carbons (Fsp3) is 0.611. The fourth-order valence-corrected chi connectivity index (χ4v) is 4.40. The molecule has 1 aromatic heterocycles. The van der Waals surface area contributed by atoms with Crippen LogP contribution in [0.2, 0.25) is 0 Å². The van der Waals surface area contributed by atoms with Gasteiger partial charge in [-0.3, -0.25) is 9.78 Å². The van der Waals surface area contributed by atoms with Crippen LogP contribution in [0.4, 0.5) is 19.3 Å². The van der Waals surface area contributed by atoms with Crippen LogP contribution in [0.15, 0.2) is 16.9 Å². The van der Waals surface area contributed by atoms with E-state index < -0.39 is 17.6 Å². The Balaban J connectivity index is 1.75. The highest BCUT2D eigenvalue weighted by Gasteiger charge is 2.39. The maximum atomic E-state index is 13.3. The van der Waals surface area contributed by atoms with E-state index in [1.54, 1.807) is 13.1 Å². The number of hydrogen-bond donors (Lipinski definition) is 2. The van der Waals surface area contributed by atoms with Gasteiger partial charge in [-0.05, 0) is 35.7 Å². The summed E-state index contributed by atoms with van der Waals surface area (Å²) in [7, 11) is 0. The van der Waals surface area contributed by atoms with E-state index in [1.807, 2.05) is 4.90 Å². The molecular formula is C18H23BrF2N4O3. The number of aromatic nitrogens is 1. The fourth-order valence-electron chi connectivity index (χ4n) is 3.81. The molecule has 154 valence electrons. The first-order valence-electron chi connectivity index (χ1n) is 9.14. The molecule has 28 heavy (non-hydrogen) atoms. The topological polar surface area (TPSA) is 97.6 Å². The maximum Gasteiger partial charge on any atom is 0.405 e. The minimum Gasteiger partial charge on any atom is -0.441 e. The highest BCUT2D eigenvalue weighted by atomic mass is 79.9. The molecule has 1 aromatic rings. The molecule has 7 nitrogen and oxygen atoms in total. The second-order valence-corrected chi connectivity index (χ2v) is 8.52. The van der Waals surface area contributed by atoms with Gasteiger partial charge in [-0.25, -0.2) is 13.6 Å². The van der Waals surface area contributed by atoms with E-state index in [4.69, 9.17) is 10.5 Å². The van der Waals surface area contributed by atoms with Gasteiger partial charge in [0.1, 0.15) is 5.60 Å². The standard InChI is InChI=1S/C18H23BrF2N4O3/c1-17(28-16(22)27)6-7-25(10-17)14-12(8-23-9-13(14)19)15(26)24-11-2-4-18(20,21)5-3-11/h8-9,11H,2-7,10H2,1H3,(H2,22,27)(H,24,26)/t17-/m0/s1. The number of anilines is 1. The molecular weight excluding hydrogens is 438 g/mol. The summed E-state index contributed by atoms with van der Waals surface area (Å²) < 4.78 is 32.5. The minimum absolute atomic E-state index is 0.226. The average Bonchev–Trinajstić information content (AvgIpc) is 2.97. The van der Waals surface area contributed by atoms with Gasteiger partial charge in [-0.1, -0.05) is 0 Å². The molecule has 10 heteroatoms. The van der Waals surface area contributed by atoms with Crippen molar-refractivity contribution >= 4 is 33.6 Å².